The fourth-order valence-electron chi connectivity index (χ4n) is 2.47. The topological polar surface area (TPSA) is 67.4 Å². The predicted molar refractivity (Wildman–Crippen MR) is 104 cm³/mol. The van der Waals surface area contributed by atoms with Crippen molar-refractivity contribution in [3.8, 4) is 0 Å². The van der Waals surface area contributed by atoms with Gasteiger partial charge in [0.15, 0.2) is 0 Å². The van der Waals surface area contributed by atoms with Crippen molar-refractivity contribution in [1.82, 2.24) is 5.32 Å². The number of para-hydroxylation sites is 1. The summed E-state index contributed by atoms with van der Waals surface area (Å²) in [7, 11) is 1.62. The van der Waals surface area contributed by atoms with Crippen LogP contribution in [-0.2, 0) is 16.0 Å². The van der Waals surface area contributed by atoms with E-state index in [1.807, 2.05) is 18.2 Å². The van der Waals surface area contributed by atoms with Crippen LogP contribution in [0.2, 0.25) is 5.02 Å². The van der Waals surface area contributed by atoms with Crippen molar-refractivity contribution < 1.29 is 14.3 Å². The molecule has 0 spiro atoms. The van der Waals surface area contributed by atoms with Crippen LogP contribution in [0.5, 0.6) is 0 Å². The average Bonchev–Trinajstić information content (AvgIpc) is 2.65. The van der Waals surface area contributed by atoms with Crippen LogP contribution in [0.4, 0.5) is 5.69 Å². The molecule has 0 aliphatic rings. The van der Waals surface area contributed by atoms with Crippen LogP contribution in [-0.4, -0.2) is 32.1 Å². The van der Waals surface area contributed by atoms with E-state index < -0.39 is 0 Å². The molecular weight excluding hydrogens is 352 g/mol. The molecule has 0 fully saturated rings. The maximum absolute atomic E-state index is 12.3. The minimum Gasteiger partial charge on any atom is -0.385 e. The molecule has 2 amide bonds. The number of rotatable bonds is 9. The van der Waals surface area contributed by atoms with E-state index in [9.17, 15) is 9.59 Å². The number of carbonyl (C=O) groups excluding carboxylic acids is 2. The van der Waals surface area contributed by atoms with E-state index in [1.165, 1.54) is 0 Å². The number of benzene rings is 2. The van der Waals surface area contributed by atoms with Gasteiger partial charge in [0, 0.05) is 31.7 Å². The fraction of sp³-hybridized carbons (Fsp3) is 0.300. The maximum Gasteiger partial charge on any atom is 0.253 e. The lowest BCUT2D eigenvalue weighted by Gasteiger charge is -2.11. The quantitative estimate of drug-likeness (QED) is 0.658. The molecule has 0 aliphatic heterocycles. The molecule has 2 aromatic rings. The number of halogens is 1. The molecule has 0 atom stereocenters. The van der Waals surface area contributed by atoms with Crippen LogP contribution in [0.3, 0.4) is 0 Å². The Balaban J connectivity index is 1.93. The summed E-state index contributed by atoms with van der Waals surface area (Å²) in [5.74, 6) is -0.382. The lowest BCUT2D eigenvalue weighted by atomic mass is 10.1. The molecule has 0 radical (unpaired) electrons. The van der Waals surface area contributed by atoms with Crippen molar-refractivity contribution in [2.45, 2.75) is 19.3 Å². The van der Waals surface area contributed by atoms with Gasteiger partial charge in [0.2, 0.25) is 5.91 Å². The summed E-state index contributed by atoms with van der Waals surface area (Å²) in [5.41, 5.74) is 1.87. The summed E-state index contributed by atoms with van der Waals surface area (Å²) >= 11 is 6.11. The number of anilines is 1. The zero-order valence-corrected chi connectivity index (χ0v) is 15.5. The third-order valence-electron chi connectivity index (χ3n) is 3.84. The van der Waals surface area contributed by atoms with Gasteiger partial charge in [0.1, 0.15) is 0 Å². The number of carbonyl (C=O) groups is 2. The third kappa shape index (κ3) is 6.17. The molecule has 2 aromatic carbocycles. The standard InChI is InChI=1S/C20H23ClN2O3/c1-26-14-6-13-22-20(25)16-8-3-5-10-18(16)23-19(24)12-11-15-7-2-4-9-17(15)21/h2-5,7-10H,6,11-14H2,1H3,(H,22,25)(H,23,24). The maximum atomic E-state index is 12.3. The fourth-order valence-corrected chi connectivity index (χ4v) is 2.70. The van der Waals surface area contributed by atoms with Crippen molar-refractivity contribution in [1.29, 1.82) is 0 Å². The van der Waals surface area contributed by atoms with E-state index in [0.29, 0.717) is 35.8 Å². The molecule has 0 saturated heterocycles. The van der Waals surface area contributed by atoms with Gasteiger partial charge in [-0.15, -0.1) is 0 Å². The highest BCUT2D eigenvalue weighted by atomic mass is 35.5. The van der Waals surface area contributed by atoms with Crippen molar-refractivity contribution in [2.24, 2.45) is 0 Å². The van der Waals surface area contributed by atoms with Gasteiger partial charge < -0.3 is 15.4 Å². The number of amides is 2. The normalized spacial score (nSPS) is 10.4. The Morgan fingerprint density at radius 1 is 1.08 bits per heavy atom. The number of methoxy groups -OCH3 is 1. The van der Waals surface area contributed by atoms with Gasteiger partial charge in [-0.3, -0.25) is 9.59 Å². The molecule has 0 bridgehead atoms. The molecule has 2 N–H and O–H groups in total. The first-order valence-corrected chi connectivity index (χ1v) is 8.89. The second-order valence-corrected chi connectivity index (χ2v) is 6.19. The zero-order chi connectivity index (χ0) is 18.8. The van der Waals surface area contributed by atoms with Crippen LogP contribution >= 0.6 is 11.6 Å². The van der Waals surface area contributed by atoms with Crippen molar-refractivity contribution in [3.05, 3.63) is 64.7 Å². The predicted octanol–water partition coefficient (Wildman–Crippen LogP) is 3.68. The Morgan fingerprint density at radius 3 is 2.58 bits per heavy atom. The molecule has 0 saturated carbocycles. The molecule has 5 nitrogen and oxygen atoms in total. The van der Waals surface area contributed by atoms with Crippen LogP contribution < -0.4 is 10.6 Å². The van der Waals surface area contributed by atoms with E-state index >= 15 is 0 Å². The summed E-state index contributed by atoms with van der Waals surface area (Å²) in [6.07, 6.45) is 1.55. The van der Waals surface area contributed by atoms with Gasteiger partial charge in [0.25, 0.3) is 5.91 Å². The highest BCUT2D eigenvalue weighted by Gasteiger charge is 2.13. The van der Waals surface area contributed by atoms with Crippen LogP contribution in [0, 0.1) is 0 Å². The van der Waals surface area contributed by atoms with Crippen LogP contribution in [0.25, 0.3) is 0 Å². The van der Waals surface area contributed by atoms with E-state index in [1.54, 1.807) is 37.4 Å². The first-order chi connectivity index (χ1) is 12.6. The first-order valence-electron chi connectivity index (χ1n) is 8.51. The van der Waals surface area contributed by atoms with E-state index in [4.69, 9.17) is 16.3 Å². The Bertz CT molecular complexity index is 749. The largest absolute Gasteiger partial charge is 0.385 e. The Kier molecular flexibility index (Phi) is 8.12. The van der Waals surface area contributed by atoms with E-state index in [2.05, 4.69) is 10.6 Å². The third-order valence-corrected chi connectivity index (χ3v) is 4.20. The van der Waals surface area contributed by atoms with Crippen molar-refractivity contribution in [3.63, 3.8) is 0 Å². The first kappa shape index (κ1) is 19.9. The van der Waals surface area contributed by atoms with Crippen molar-refractivity contribution >= 4 is 29.1 Å². The molecule has 138 valence electrons. The molecule has 2 rings (SSSR count). The SMILES string of the molecule is COCCCNC(=O)c1ccccc1NC(=O)CCc1ccccc1Cl. The highest BCUT2D eigenvalue weighted by molar-refractivity contribution is 6.31. The summed E-state index contributed by atoms with van der Waals surface area (Å²) in [6.45, 7) is 1.10. The molecule has 26 heavy (non-hydrogen) atoms. The van der Waals surface area contributed by atoms with Gasteiger partial charge in [-0.2, -0.15) is 0 Å². The number of aryl methyl sites for hydroxylation is 1. The molecule has 0 aromatic heterocycles. The number of hydrogen-bond donors (Lipinski definition) is 2. The van der Waals surface area contributed by atoms with Gasteiger partial charge in [-0.1, -0.05) is 41.9 Å². The van der Waals surface area contributed by atoms with Gasteiger partial charge in [0.05, 0.1) is 11.3 Å². The Morgan fingerprint density at radius 2 is 1.81 bits per heavy atom. The smallest absolute Gasteiger partial charge is 0.253 e. The molecule has 0 unspecified atom stereocenters. The molecular formula is C20H23ClN2O3. The summed E-state index contributed by atoms with van der Waals surface area (Å²) in [4.78, 5) is 24.6. The zero-order valence-electron chi connectivity index (χ0n) is 14.8. The minimum absolute atomic E-state index is 0.162. The van der Waals surface area contributed by atoms with Gasteiger partial charge >= 0.3 is 0 Å². The molecule has 6 heteroatoms. The number of hydrogen-bond acceptors (Lipinski definition) is 3. The average molecular weight is 375 g/mol. The van der Waals surface area contributed by atoms with Crippen LogP contribution in [0.15, 0.2) is 48.5 Å². The molecule has 0 heterocycles. The Hall–Kier alpha value is -2.37. The number of nitrogens with one attached hydrogen (secondary N) is 2. The number of ether oxygens (including phenoxy) is 1. The van der Waals surface area contributed by atoms with E-state index in [0.717, 1.165) is 12.0 Å². The van der Waals surface area contributed by atoms with E-state index in [-0.39, 0.29) is 18.2 Å². The van der Waals surface area contributed by atoms with Crippen molar-refractivity contribution in [2.75, 3.05) is 25.6 Å². The van der Waals surface area contributed by atoms with Gasteiger partial charge in [-0.25, -0.2) is 0 Å². The second-order valence-electron chi connectivity index (χ2n) is 5.79. The lowest BCUT2D eigenvalue weighted by Crippen LogP contribution is -2.26. The summed E-state index contributed by atoms with van der Waals surface area (Å²) in [6, 6.07) is 14.4. The monoisotopic (exact) mass is 374 g/mol. The highest BCUT2D eigenvalue weighted by Crippen LogP contribution is 2.18. The second kappa shape index (κ2) is 10.6. The molecule has 0 aliphatic carbocycles. The summed E-state index contributed by atoms with van der Waals surface area (Å²) in [5, 5.41) is 6.29. The minimum atomic E-state index is -0.219. The van der Waals surface area contributed by atoms with Gasteiger partial charge in [-0.05, 0) is 36.6 Å². The Labute approximate surface area is 158 Å². The van der Waals surface area contributed by atoms with Crippen LogP contribution in [0.1, 0.15) is 28.8 Å². The summed E-state index contributed by atoms with van der Waals surface area (Å²) < 4.78 is 4.96. The lowest BCUT2D eigenvalue weighted by molar-refractivity contribution is -0.116.